The Morgan fingerprint density at radius 2 is 1.68 bits per heavy atom. The number of nitrogens with zero attached hydrogens (tertiary/aromatic N) is 2. The summed E-state index contributed by atoms with van der Waals surface area (Å²) in [6, 6.07) is 21.6. The van der Waals surface area contributed by atoms with Crippen LogP contribution in [0.3, 0.4) is 0 Å². The lowest BCUT2D eigenvalue weighted by molar-refractivity contribution is -0.141. The van der Waals surface area contributed by atoms with Gasteiger partial charge in [0.15, 0.2) is 0 Å². The first-order chi connectivity index (χ1) is 19.5. The summed E-state index contributed by atoms with van der Waals surface area (Å²) >= 11 is 9.76. The van der Waals surface area contributed by atoms with Gasteiger partial charge in [-0.1, -0.05) is 83.0 Å². The number of rotatable bonds is 14. The molecule has 41 heavy (non-hydrogen) atoms. The molecule has 0 bridgehead atoms. The van der Waals surface area contributed by atoms with E-state index in [0.29, 0.717) is 29.2 Å². The quantitative estimate of drug-likeness (QED) is 0.225. The van der Waals surface area contributed by atoms with Crippen molar-refractivity contribution in [2.24, 2.45) is 0 Å². The molecule has 10 heteroatoms. The Balaban J connectivity index is 1.89. The fourth-order valence-corrected chi connectivity index (χ4v) is 6.23. The van der Waals surface area contributed by atoms with Crippen LogP contribution in [0.5, 0.6) is 0 Å². The van der Waals surface area contributed by atoms with Gasteiger partial charge in [-0.15, -0.1) is 0 Å². The molecule has 3 aromatic rings. The molecule has 0 radical (unpaired) electrons. The number of carbonyl (C=O) groups excluding carboxylic acids is 2. The van der Waals surface area contributed by atoms with Gasteiger partial charge in [0.2, 0.25) is 21.8 Å². The molecule has 0 heterocycles. The predicted molar refractivity (Wildman–Crippen MR) is 170 cm³/mol. The number of carbonyl (C=O) groups is 2. The minimum Gasteiger partial charge on any atom is -0.354 e. The molecule has 3 rings (SSSR count). The largest absolute Gasteiger partial charge is 0.354 e. The van der Waals surface area contributed by atoms with Crippen LogP contribution in [0.15, 0.2) is 77.3 Å². The highest BCUT2D eigenvalue weighted by Gasteiger charge is 2.30. The minimum absolute atomic E-state index is 0.0615. The lowest BCUT2D eigenvalue weighted by Crippen LogP contribution is -2.50. The zero-order valence-electron chi connectivity index (χ0n) is 23.6. The predicted octanol–water partition coefficient (Wildman–Crippen LogP) is 6.12. The van der Waals surface area contributed by atoms with Crippen molar-refractivity contribution in [2.45, 2.75) is 52.1 Å². The van der Waals surface area contributed by atoms with Gasteiger partial charge in [-0.3, -0.25) is 13.9 Å². The van der Waals surface area contributed by atoms with Crippen LogP contribution in [-0.2, 0) is 32.6 Å². The molecule has 1 atom stereocenters. The summed E-state index contributed by atoms with van der Waals surface area (Å²) in [5.41, 5.74) is 2.95. The number of hydrogen-bond donors (Lipinski definition) is 1. The standard InChI is InChI=1S/C31H37BrClN3O4S/c1-4-18-34-31(38)29(21-24-11-6-5-7-12-24)35(22-25-13-8-14-26(32)20-25)30(37)17-10-19-36(41(3,39)40)28-16-9-15-27(33)23(28)2/h5-9,11-16,20,29H,4,10,17-19,21-22H2,1-3H3,(H,34,38)/t29-/m0/s1. The van der Waals surface area contributed by atoms with Crippen LogP contribution in [0.1, 0.15) is 42.9 Å². The van der Waals surface area contributed by atoms with Gasteiger partial charge in [-0.05, 0) is 60.7 Å². The Bertz CT molecular complexity index is 1440. The molecule has 220 valence electrons. The zero-order valence-corrected chi connectivity index (χ0v) is 26.8. The Kier molecular flexibility index (Phi) is 12.2. The lowest BCUT2D eigenvalue weighted by atomic mass is 10.0. The van der Waals surface area contributed by atoms with Gasteiger partial charge < -0.3 is 10.2 Å². The topological polar surface area (TPSA) is 86.8 Å². The Labute approximate surface area is 257 Å². The average molecular weight is 663 g/mol. The number of halogens is 2. The van der Waals surface area contributed by atoms with Crippen molar-refractivity contribution < 1.29 is 18.0 Å². The maximum atomic E-state index is 13.9. The van der Waals surface area contributed by atoms with E-state index >= 15 is 0 Å². The van der Waals surface area contributed by atoms with E-state index in [1.54, 1.807) is 30.0 Å². The normalized spacial score (nSPS) is 12.0. The van der Waals surface area contributed by atoms with Gasteiger partial charge in [0.1, 0.15) is 6.04 Å². The summed E-state index contributed by atoms with van der Waals surface area (Å²) in [4.78, 5) is 29.0. The van der Waals surface area contributed by atoms with Crippen molar-refractivity contribution in [3.8, 4) is 0 Å². The molecular formula is C31H37BrClN3O4S. The van der Waals surface area contributed by atoms with E-state index in [-0.39, 0.29) is 37.7 Å². The zero-order chi connectivity index (χ0) is 30.0. The molecule has 0 fully saturated rings. The molecule has 3 aromatic carbocycles. The van der Waals surface area contributed by atoms with Gasteiger partial charge in [-0.2, -0.15) is 0 Å². The van der Waals surface area contributed by atoms with Crippen molar-refractivity contribution in [2.75, 3.05) is 23.7 Å². The van der Waals surface area contributed by atoms with Crippen molar-refractivity contribution in [1.82, 2.24) is 10.2 Å². The van der Waals surface area contributed by atoms with Gasteiger partial charge in [0.05, 0.1) is 11.9 Å². The average Bonchev–Trinajstić information content (AvgIpc) is 2.93. The SMILES string of the molecule is CCCNC(=O)[C@H](Cc1ccccc1)N(Cc1cccc(Br)c1)C(=O)CCCN(c1cccc(Cl)c1C)S(C)(=O)=O. The third kappa shape index (κ3) is 9.58. The van der Waals surface area contributed by atoms with Crippen molar-refractivity contribution in [3.05, 3.63) is 99.0 Å². The second-order valence-electron chi connectivity index (χ2n) is 9.97. The van der Waals surface area contributed by atoms with Crippen LogP contribution in [0.25, 0.3) is 0 Å². The van der Waals surface area contributed by atoms with E-state index in [2.05, 4.69) is 21.2 Å². The third-order valence-electron chi connectivity index (χ3n) is 6.72. The van der Waals surface area contributed by atoms with Crippen LogP contribution in [0.2, 0.25) is 5.02 Å². The van der Waals surface area contributed by atoms with Crippen molar-refractivity contribution in [1.29, 1.82) is 0 Å². The summed E-state index contributed by atoms with van der Waals surface area (Å²) in [5, 5.41) is 3.44. The molecule has 0 aromatic heterocycles. The number of anilines is 1. The van der Waals surface area contributed by atoms with Crippen LogP contribution in [-0.4, -0.2) is 50.5 Å². The first-order valence-electron chi connectivity index (χ1n) is 13.6. The summed E-state index contributed by atoms with van der Waals surface area (Å²) < 4.78 is 27.6. The maximum absolute atomic E-state index is 13.9. The molecule has 0 aliphatic heterocycles. The van der Waals surface area contributed by atoms with Crippen LogP contribution >= 0.6 is 27.5 Å². The highest BCUT2D eigenvalue weighted by molar-refractivity contribution is 9.10. The van der Waals surface area contributed by atoms with E-state index in [9.17, 15) is 18.0 Å². The number of amides is 2. The molecule has 0 saturated carbocycles. The maximum Gasteiger partial charge on any atom is 0.243 e. The Morgan fingerprint density at radius 1 is 1.00 bits per heavy atom. The minimum atomic E-state index is -3.63. The van der Waals surface area contributed by atoms with Crippen molar-refractivity contribution >= 4 is 55.1 Å². The Hall–Kier alpha value is -2.88. The van der Waals surface area contributed by atoms with E-state index in [1.807, 2.05) is 61.5 Å². The second-order valence-corrected chi connectivity index (χ2v) is 13.2. The highest BCUT2D eigenvalue weighted by Crippen LogP contribution is 2.28. The van der Waals surface area contributed by atoms with Crippen LogP contribution in [0, 0.1) is 6.92 Å². The van der Waals surface area contributed by atoms with Gasteiger partial charge in [-0.25, -0.2) is 8.42 Å². The summed E-state index contributed by atoms with van der Waals surface area (Å²) in [7, 11) is -3.63. The molecule has 1 N–H and O–H groups in total. The molecule has 0 aliphatic carbocycles. The summed E-state index contributed by atoms with van der Waals surface area (Å²) in [6.07, 6.45) is 2.59. The molecular weight excluding hydrogens is 626 g/mol. The van der Waals surface area contributed by atoms with E-state index < -0.39 is 16.1 Å². The smallest absolute Gasteiger partial charge is 0.243 e. The molecule has 0 saturated heterocycles. The van der Waals surface area contributed by atoms with Gasteiger partial charge in [0, 0.05) is 42.0 Å². The molecule has 2 amide bonds. The fraction of sp³-hybridized carbons (Fsp3) is 0.355. The first-order valence-corrected chi connectivity index (χ1v) is 16.6. The summed E-state index contributed by atoms with van der Waals surface area (Å²) in [6.45, 7) is 4.58. The molecule has 0 aliphatic rings. The molecule has 0 spiro atoms. The number of benzene rings is 3. The fourth-order valence-electron chi connectivity index (χ4n) is 4.60. The van der Waals surface area contributed by atoms with Gasteiger partial charge >= 0.3 is 0 Å². The van der Waals surface area contributed by atoms with Crippen LogP contribution < -0.4 is 9.62 Å². The highest BCUT2D eigenvalue weighted by atomic mass is 79.9. The second kappa shape index (κ2) is 15.4. The number of hydrogen-bond acceptors (Lipinski definition) is 4. The first kappa shape index (κ1) is 32.6. The van der Waals surface area contributed by atoms with Gasteiger partial charge in [0.25, 0.3) is 0 Å². The Morgan fingerprint density at radius 3 is 2.34 bits per heavy atom. The van der Waals surface area contributed by atoms with E-state index in [1.165, 1.54) is 4.31 Å². The lowest BCUT2D eigenvalue weighted by Gasteiger charge is -2.32. The van der Waals surface area contributed by atoms with E-state index in [4.69, 9.17) is 11.6 Å². The molecule has 7 nitrogen and oxygen atoms in total. The van der Waals surface area contributed by atoms with E-state index in [0.717, 1.165) is 28.3 Å². The number of nitrogens with one attached hydrogen (secondary N) is 1. The third-order valence-corrected chi connectivity index (χ3v) is 8.80. The molecule has 0 unspecified atom stereocenters. The monoisotopic (exact) mass is 661 g/mol. The number of sulfonamides is 1. The van der Waals surface area contributed by atoms with Crippen LogP contribution in [0.4, 0.5) is 5.69 Å². The summed E-state index contributed by atoms with van der Waals surface area (Å²) in [5.74, 6) is -0.444. The van der Waals surface area contributed by atoms with Crippen molar-refractivity contribution in [3.63, 3.8) is 0 Å².